The summed E-state index contributed by atoms with van der Waals surface area (Å²) in [5, 5.41) is 18.2. The smallest absolute Gasteiger partial charge is 0.260 e. The van der Waals surface area contributed by atoms with Crippen LogP contribution < -0.4 is 16.1 Å². The van der Waals surface area contributed by atoms with Crippen molar-refractivity contribution in [1.29, 1.82) is 5.41 Å². The lowest BCUT2D eigenvalue weighted by Crippen LogP contribution is -2.26. The van der Waals surface area contributed by atoms with E-state index in [-0.39, 0.29) is 11.7 Å². The van der Waals surface area contributed by atoms with Crippen molar-refractivity contribution in [3.8, 4) is 11.6 Å². The predicted octanol–water partition coefficient (Wildman–Crippen LogP) is 4.18. The highest BCUT2D eigenvalue weighted by atomic mass is 35.5. The highest BCUT2D eigenvalue weighted by Gasteiger charge is 2.16. The molecule has 0 bridgehead atoms. The zero-order valence-electron chi connectivity index (χ0n) is 13.1. The van der Waals surface area contributed by atoms with E-state index >= 15 is 0 Å². The van der Waals surface area contributed by atoms with Gasteiger partial charge in [0.2, 0.25) is 5.88 Å². The SMILES string of the molecule is CCCC=CCc1c(Oc2ccc(Cl)cc2Cl)nc(=N)n(O)c1N. The van der Waals surface area contributed by atoms with Gasteiger partial charge in [0.1, 0.15) is 5.75 Å². The van der Waals surface area contributed by atoms with Crippen molar-refractivity contribution in [2.75, 3.05) is 5.73 Å². The number of unbranched alkanes of at least 4 members (excludes halogenated alkanes) is 1. The molecule has 24 heavy (non-hydrogen) atoms. The number of aromatic nitrogens is 2. The van der Waals surface area contributed by atoms with Crippen molar-refractivity contribution in [2.24, 2.45) is 0 Å². The molecule has 0 aliphatic rings. The first-order valence-electron chi connectivity index (χ1n) is 7.37. The Bertz CT molecular complexity index is 818. The van der Waals surface area contributed by atoms with Gasteiger partial charge in [-0.05, 0) is 31.0 Å². The summed E-state index contributed by atoms with van der Waals surface area (Å²) in [4.78, 5) is 3.94. The van der Waals surface area contributed by atoms with Gasteiger partial charge in [0.15, 0.2) is 5.82 Å². The molecule has 1 aromatic carbocycles. The summed E-state index contributed by atoms with van der Waals surface area (Å²) in [6.45, 7) is 2.08. The number of nitrogens with one attached hydrogen (secondary N) is 1. The van der Waals surface area contributed by atoms with Crippen molar-refractivity contribution in [2.45, 2.75) is 26.2 Å². The molecule has 0 spiro atoms. The maximum Gasteiger partial charge on any atom is 0.260 e. The monoisotopic (exact) mass is 368 g/mol. The maximum absolute atomic E-state index is 9.79. The van der Waals surface area contributed by atoms with Crippen LogP contribution in [0.3, 0.4) is 0 Å². The zero-order valence-corrected chi connectivity index (χ0v) is 14.6. The molecule has 0 unspecified atom stereocenters. The van der Waals surface area contributed by atoms with Crippen LogP contribution in [0.2, 0.25) is 10.0 Å². The molecule has 0 aliphatic heterocycles. The number of rotatable bonds is 6. The highest BCUT2D eigenvalue weighted by Crippen LogP contribution is 2.33. The number of hydrogen-bond acceptors (Lipinski definition) is 5. The number of anilines is 1. The number of ether oxygens (including phenoxy) is 1. The summed E-state index contributed by atoms with van der Waals surface area (Å²) in [6.07, 6.45) is 6.29. The fourth-order valence-corrected chi connectivity index (χ4v) is 2.43. The lowest BCUT2D eigenvalue weighted by Gasteiger charge is -2.14. The molecule has 128 valence electrons. The van der Waals surface area contributed by atoms with E-state index in [4.69, 9.17) is 39.1 Å². The molecule has 0 saturated heterocycles. The quantitative estimate of drug-likeness (QED) is 0.526. The van der Waals surface area contributed by atoms with Crippen LogP contribution in [0.4, 0.5) is 5.82 Å². The molecule has 0 fully saturated rings. The number of nitrogen functional groups attached to an aromatic ring is 1. The fourth-order valence-electron chi connectivity index (χ4n) is 1.99. The third-order valence-corrected chi connectivity index (χ3v) is 3.78. The van der Waals surface area contributed by atoms with Crippen molar-refractivity contribution >= 4 is 29.0 Å². The molecule has 0 aliphatic carbocycles. The van der Waals surface area contributed by atoms with Gasteiger partial charge in [-0.2, -0.15) is 4.98 Å². The van der Waals surface area contributed by atoms with Gasteiger partial charge in [0.25, 0.3) is 5.62 Å². The van der Waals surface area contributed by atoms with Crippen molar-refractivity contribution in [3.63, 3.8) is 0 Å². The highest BCUT2D eigenvalue weighted by molar-refractivity contribution is 6.35. The average molecular weight is 369 g/mol. The summed E-state index contributed by atoms with van der Waals surface area (Å²) in [5.74, 6) is 0.450. The van der Waals surface area contributed by atoms with Crippen LogP contribution in [0.15, 0.2) is 30.4 Å². The summed E-state index contributed by atoms with van der Waals surface area (Å²) < 4.78 is 6.22. The predicted molar refractivity (Wildman–Crippen MR) is 94.0 cm³/mol. The number of allylic oxidation sites excluding steroid dienone is 2. The Morgan fingerprint density at radius 3 is 2.79 bits per heavy atom. The lowest BCUT2D eigenvalue weighted by atomic mass is 10.2. The van der Waals surface area contributed by atoms with Crippen LogP contribution in [0.5, 0.6) is 11.6 Å². The van der Waals surface area contributed by atoms with Crippen LogP contribution in [0, 0.1) is 5.41 Å². The van der Waals surface area contributed by atoms with Crippen LogP contribution in [-0.4, -0.2) is 14.9 Å². The fraction of sp³-hybridized carbons (Fsp3) is 0.250. The second kappa shape index (κ2) is 8.08. The van der Waals surface area contributed by atoms with E-state index in [1.165, 1.54) is 0 Å². The minimum absolute atomic E-state index is 0.00349. The van der Waals surface area contributed by atoms with E-state index in [1.807, 2.05) is 12.2 Å². The third kappa shape index (κ3) is 4.21. The molecule has 6 nitrogen and oxygen atoms in total. The first kappa shape index (κ1) is 18.2. The molecule has 0 amide bonds. The van der Waals surface area contributed by atoms with E-state index in [0.29, 0.717) is 32.5 Å². The first-order chi connectivity index (χ1) is 11.4. The Morgan fingerprint density at radius 2 is 2.12 bits per heavy atom. The van der Waals surface area contributed by atoms with Gasteiger partial charge in [-0.25, -0.2) is 0 Å². The Labute approximate surface area is 149 Å². The first-order valence-corrected chi connectivity index (χ1v) is 8.12. The molecule has 2 rings (SSSR count). The second-order valence-electron chi connectivity index (χ2n) is 5.06. The number of nitrogens with zero attached hydrogens (tertiary/aromatic N) is 2. The number of halogens is 2. The number of benzene rings is 1. The molecule has 0 atom stereocenters. The Hall–Kier alpha value is -2.18. The topological polar surface area (TPSA) is 97.1 Å². The molecule has 4 N–H and O–H groups in total. The van der Waals surface area contributed by atoms with Crippen molar-refractivity contribution < 1.29 is 9.94 Å². The largest absolute Gasteiger partial charge is 0.437 e. The molecular formula is C16H18Cl2N4O2. The molecule has 2 aromatic rings. The molecule has 1 aromatic heterocycles. The summed E-state index contributed by atoms with van der Waals surface area (Å²) in [6, 6.07) is 4.77. The van der Waals surface area contributed by atoms with Crippen LogP contribution in [0.25, 0.3) is 0 Å². The van der Waals surface area contributed by atoms with Gasteiger partial charge in [-0.15, -0.1) is 4.73 Å². The molecule has 8 heteroatoms. The normalized spacial score (nSPS) is 11.1. The van der Waals surface area contributed by atoms with E-state index in [2.05, 4.69) is 11.9 Å². The van der Waals surface area contributed by atoms with E-state index < -0.39 is 5.62 Å². The summed E-state index contributed by atoms with van der Waals surface area (Å²) >= 11 is 12.0. The Morgan fingerprint density at radius 1 is 1.38 bits per heavy atom. The minimum Gasteiger partial charge on any atom is -0.437 e. The van der Waals surface area contributed by atoms with E-state index in [0.717, 1.165) is 12.8 Å². The standard InChI is InChI=1S/C16H18Cl2N4O2/c1-2-3-4-5-6-11-14(19)22(23)16(20)21-15(11)24-13-8-7-10(17)9-12(13)18/h4-5,7-9,20,23H,2-3,6,19H2,1H3. The lowest BCUT2D eigenvalue weighted by molar-refractivity contribution is 0.169. The zero-order chi connectivity index (χ0) is 17.7. The second-order valence-corrected chi connectivity index (χ2v) is 5.90. The maximum atomic E-state index is 9.79. The molecule has 1 heterocycles. The van der Waals surface area contributed by atoms with Gasteiger partial charge >= 0.3 is 0 Å². The number of nitrogens with two attached hydrogens (primary N) is 1. The van der Waals surface area contributed by atoms with Gasteiger partial charge in [-0.3, -0.25) is 5.41 Å². The van der Waals surface area contributed by atoms with Crippen LogP contribution in [0.1, 0.15) is 25.3 Å². The van der Waals surface area contributed by atoms with Gasteiger partial charge in [-0.1, -0.05) is 48.7 Å². The van der Waals surface area contributed by atoms with Crippen LogP contribution >= 0.6 is 23.2 Å². The van der Waals surface area contributed by atoms with E-state index in [9.17, 15) is 5.21 Å². The van der Waals surface area contributed by atoms with Crippen LogP contribution in [-0.2, 0) is 6.42 Å². The molecule has 0 saturated carbocycles. The third-order valence-electron chi connectivity index (χ3n) is 3.25. The summed E-state index contributed by atoms with van der Waals surface area (Å²) in [7, 11) is 0. The summed E-state index contributed by atoms with van der Waals surface area (Å²) in [5.41, 5.74) is 5.93. The van der Waals surface area contributed by atoms with E-state index in [1.54, 1.807) is 18.2 Å². The molecular weight excluding hydrogens is 351 g/mol. The minimum atomic E-state index is -0.436. The number of hydrogen-bond donors (Lipinski definition) is 3. The van der Waals surface area contributed by atoms with Gasteiger partial charge < -0.3 is 15.7 Å². The van der Waals surface area contributed by atoms with Crippen molar-refractivity contribution in [3.05, 3.63) is 51.6 Å². The van der Waals surface area contributed by atoms with Crippen molar-refractivity contribution in [1.82, 2.24) is 9.71 Å². The van der Waals surface area contributed by atoms with Gasteiger partial charge in [0.05, 0.1) is 10.6 Å². The average Bonchev–Trinajstić information content (AvgIpc) is 2.54. The Kier molecular flexibility index (Phi) is 6.11. The van der Waals surface area contributed by atoms with Gasteiger partial charge in [0, 0.05) is 5.02 Å². The molecule has 0 radical (unpaired) electrons. The Balaban J connectivity index is 2.41.